The van der Waals surface area contributed by atoms with Crippen LogP contribution < -0.4 is 10.1 Å². The molecule has 1 N–H and O–H groups in total. The third-order valence-electron chi connectivity index (χ3n) is 4.41. The maximum atomic E-state index is 5.78. The topological polar surface area (TPSA) is 30.5 Å². The Bertz CT molecular complexity index is 433. The van der Waals surface area contributed by atoms with E-state index in [4.69, 9.17) is 9.47 Å². The van der Waals surface area contributed by atoms with Gasteiger partial charge in [-0.1, -0.05) is 39.0 Å². The van der Waals surface area contributed by atoms with Gasteiger partial charge in [-0.2, -0.15) is 0 Å². The molecular formula is C18H29NO2. The van der Waals surface area contributed by atoms with Gasteiger partial charge in [-0.05, 0) is 42.9 Å². The molecule has 0 aliphatic carbocycles. The van der Waals surface area contributed by atoms with Crippen molar-refractivity contribution in [2.24, 2.45) is 5.92 Å². The lowest BCUT2D eigenvalue weighted by atomic mass is 9.84. The molecule has 1 aromatic rings. The highest BCUT2D eigenvalue weighted by Gasteiger charge is 2.29. The molecule has 0 spiro atoms. The fourth-order valence-electron chi connectivity index (χ4n) is 3.46. The van der Waals surface area contributed by atoms with Crippen molar-refractivity contribution in [3.05, 3.63) is 29.8 Å². The zero-order valence-electron chi connectivity index (χ0n) is 13.8. The highest BCUT2D eigenvalue weighted by Crippen LogP contribution is 2.37. The fraction of sp³-hybridized carbons (Fsp3) is 0.667. The maximum absolute atomic E-state index is 5.78. The minimum Gasteiger partial charge on any atom is -0.493 e. The summed E-state index contributed by atoms with van der Waals surface area (Å²) in [4.78, 5) is 0. The van der Waals surface area contributed by atoms with Gasteiger partial charge in [-0.15, -0.1) is 0 Å². The summed E-state index contributed by atoms with van der Waals surface area (Å²) >= 11 is 0. The molecule has 3 heteroatoms. The number of methoxy groups -OCH3 is 1. The van der Waals surface area contributed by atoms with Crippen molar-refractivity contribution in [2.45, 2.75) is 51.7 Å². The maximum Gasteiger partial charge on any atom is 0.122 e. The van der Waals surface area contributed by atoms with E-state index in [1.54, 1.807) is 0 Å². The first-order valence-corrected chi connectivity index (χ1v) is 8.15. The van der Waals surface area contributed by atoms with Gasteiger partial charge in [0, 0.05) is 13.2 Å². The summed E-state index contributed by atoms with van der Waals surface area (Å²) in [7, 11) is 1.83. The number of benzene rings is 1. The summed E-state index contributed by atoms with van der Waals surface area (Å²) in [5.41, 5.74) is 1.35. The molecule has 3 nitrogen and oxygen atoms in total. The summed E-state index contributed by atoms with van der Waals surface area (Å²) in [6, 6.07) is 8.84. The van der Waals surface area contributed by atoms with E-state index in [2.05, 4.69) is 50.4 Å². The average Bonchev–Trinajstić information content (AvgIpc) is 2.48. The van der Waals surface area contributed by atoms with Gasteiger partial charge in [0.1, 0.15) is 5.75 Å². The van der Waals surface area contributed by atoms with Crippen molar-refractivity contribution in [1.82, 2.24) is 5.32 Å². The molecule has 0 amide bonds. The molecule has 0 bridgehead atoms. The lowest BCUT2D eigenvalue weighted by molar-refractivity contribution is 0.0278. The summed E-state index contributed by atoms with van der Waals surface area (Å²) in [6.07, 6.45) is 2.44. The molecule has 0 saturated heterocycles. The summed E-state index contributed by atoms with van der Waals surface area (Å²) < 4.78 is 11.5. The molecule has 21 heavy (non-hydrogen) atoms. The zero-order chi connectivity index (χ0) is 15.2. The normalized spacial score (nSPS) is 20.7. The Hall–Kier alpha value is -1.06. The van der Waals surface area contributed by atoms with E-state index >= 15 is 0 Å². The predicted molar refractivity (Wildman–Crippen MR) is 87.0 cm³/mol. The van der Waals surface area contributed by atoms with Crippen LogP contribution in [-0.2, 0) is 4.74 Å². The first-order chi connectivity index (χ1) is 10.2. The highest BCUT2D eigenvalue weighted by atomic mass is 16.5. The van der Waals surface area contributed by atoms with Crippen LogP contribution in [0.3, 0.4) is 0 Å². The molecule has 1 aromatic carbocycles. The average molecular weight is 291 g/mol. The Labute approximate surface area is 129 Å². The minimum atomic E-state index is 0.250. The van der Waals surface area contributed by atoms with Crippen LogP contribution in [0.5, 0.6) is 5.75 Å². The smallest absolute Gasteiger partial charge is 0.122 e. The van der Waals surface area contributed by atoms with E-state index in [0.29, 0.717) is 17.9 Å². The Morgan fingerprint density at radius 2 is 2.10 bits per heavy atom. The molecule has 0 fully saturated rings. The van der Waals surface area contributed by atoms with Gasteiger partial charge in [-0.3, -0.25) is 0 Å². The van der Waals surface area contributed by atoms with E-state index < -0.39 is 0 Å². The van der Waals surface area contributed by atoms with Gasteiger partial charge in [-0.25, -0.2) is 0 Å². The largest absolute Gasteiger partial charge is 0.493 e. The monoisotopic (exact) mass is 291 g/mol. The third-order valence-corrected chi connectivity index (χ3v) is 4.41. The molecule has 1 aliphatic rings. The van der Waals surface area contributed by atoms with Crippen LogP contribution >= 0.6 is 0 Å². The van der Waals surface area contributed by atoms with Crippen LogP contribution in [0.15, 0.2) is 24.3 Å². The van der Waals surface area contributed by atoms with Gasteiger partial charge in [0.15, 0.2) is 0 Å². The number of para-hydroxylation sites is 1. The molecule has 2 rings (SSSR count). The Morgan fingerprint density at radius 3 is 2.76 bits per heavy atom. The highest BCUT2D eigenvalue weighted by molar-refractivity contribution is 5.37. The van der Waals surface area contributed by atoms with Crippen LogP contribution in [0.4, 0.5) is 0 Å². The van der Waals surface area contributed by atoms with E-state index in [-0.39, 0.29) is 6.10 Å². The Kier molecular flexibility index (Phi) is 6.07. The fourth-order valence-corrected chi connectivity index (χ4v) is 3.46. The molecule has 3 atom stereocenters. The second-order valence-electron chi connectivity index (χ2n) is 6.22. The molecule has 1 heterocycles. The van der Waals surface area contributed by atoms with Crippen LogP contribution in [0.2, 0.25) is 0 Å². The zero-order valence-corrected chi connectivity index (χ0v) is 13.8. The van der Waals surface area contributed by atoms with E-state index in [1.165, 1.54) is 5.56 Å². The van der Waals surface area contributed by atoms with Gasteiger partial charge in [0.2, 0.25) is 0 Å². The molecule has 0 saturated carbocycles. The number of rotatable bonds is 7. The van der Waals surface area contributed by atoms with E-state index in [9.17, 15) is 0 Å². The first-order valence-electron chi connectivity index (χ1n) is 8.15. The second kappa shape index (κ2) is 7.81. The van der Waals surface area contributed by atoms with Crippen molar-refractivity contribution in [3.63, 3.8) is 0 Å². The molecule has 1 aliphatic heterocycles. The van der Waals surface area contributed by atoms with E-state index in [1.807, 2.05) is 7.11 Å². The number of likely N-dealkylation sites (N-methyl/N-ethyl adjacent to an activating group) is 1. The van der Waals surface area contributed by atoms with Crippen LogP contribution in [0, 0.1) is 5.92 Å². The quantitative estimate of drug-likeness (QED) is 0.832. The van der Waals surface area contributed by atoms with Gasteiger partial charge in [0.05, 0.1) is 12.7 Å². The number of ether oxygens (including phenoxy) is 2. The summed E-state index contributed by atoms with van der Waals surface area (Å²) in [5, 5.41) is 3.63. The summed E-state index contributed by atoms with van der Waals surface area (Å²) in [6.45, 7) is 8.42. The standard InChI is InChI=1S/C18H29NO2/c1-5-19-16(18(20-4)13(2)3)12-14-10-11-21-17-9-7-6-8-15(14)17/h6-9,13-14,16,18-19H,5,10-12H2,1-4H3. The van der Waals surface area contributed by atoms with Crippen molar-refractivity contribution >= 4 is 0 Å². The van der Waals surface area contributed by atoms with Crippen molar-refractivity contribution in [1.29, 1.82) is 0 Å². The van der Waals surface area contributed by atoms with Crippen molar-refractivity contribution in [2.75, 3.05) is 20.3 Å². The SMILES string of the molecule is CCNC(CC1CCOc2ccccc21)C(OC)C(C)C. The third kappa shape index (κ3) is 3.98. The van der Waals surface area contributed by atoms with Crippen LogP contribution in [-0.4, -0.2) is 32.4 Å². The molecule has 0 radical (unpaired) electrons. The summed E-state index contributed by atoms with van der Waals surface area (Å²) in [5.74, 6) is 2.12. The number of nitrogens with one attached hydrogen (secondary N) is 1. The molecule has 3 unspecified atom stereocenters. The number of hydrogen-bond acceptors (Lipinski definition) is 3. The Morgan fingerprint density at radius 1 is 1.33 bits per heavy atom. The van der Waals surface area contributed by atoms with Gasteiger partial charge >= 0.3 is 0 Å². The van der Waals surface area contributed by atoms with Gasteiger partial charge in [0.25, 0.3) is 0 Å². The number of hydrogen-bond donors (Lipinski definition) is 1. The van der Waals surface area contributed by atoms with Crippen LogP contribution in [0.25, 0.3) is 0 Å². The van der Waals surface area contributed by atoms with E-state index in [0.717, 1.165) is 31.7 Å². The first kappa shape index (κ1) is 16.3. The minimum absolute atomic E-state index is 0.250. The van der Waals surface area contributed by atoms with Gasteiger partial charge < -0.3 is 14.8 Å². The Balaban J connectivity index is 2.14. The molecule has 0 aromatic heterocycles. The molecule has 118 valence electrons. The predicted octanol–water partition coefficient (Wildman–Crippen LogP) is 3.59. The van der Waals surface area contributed by atoms with Crippen molar-refractivity contribution in [3.8, 4) is 5.75 Å². The number of fused-ring (bicyclic) bond motifs is 1. The van der Waals surface area contributed by atoms with Crippen molar-refractivity contribution < 1.29 is 9.47 Å². The lowest BCUT2D eigenvalue weighted by Crippen LogP contribution is -2.45. The lowest BCUT2D eigenvalue weighted by Gasteiger charge is -2.34. The van der Waals surface area contributed by atoms with Crippen LogP contribution in [0.1, 0.15) is 45.1 Å². The second-order valence-corrected chi connectivity index (χ2v) is 6.22. The molecular weight excluding hydrogens is 262 g/mol.